The van der Waals surface area contributed by atoms with Crippen molar-refractivity contribution in [2.45, 2.75) is 0 Å². The molecule has 1 aromatic heterocycles. The summed E-state index contributed by atoms with van der Waals surface area (Å²) in [6.45, 7) is 0. The van der Waals surface area contributed by atoms with Crippen LogP contribution in [0.3, 0.4) is 0 Å². The van der Waals surface area contributed by atoms with Crippen LogP contribution >= 0.6 is 11.8 Å². The molecule has 0 spiro atoms. The number of pyridine rings is 1. The summed E-state index contributed by atoms with van der Waals surface area (Å²) in [7, 11) is 3.19. The van der Waals surface area contributed by atoms with E-state index in [4.69, 9.17) is 4.74 Å². The average molecular weight is 316 g/mol. The standard InChI is InChI=1S/C15H12N2O4S/c1-17-12(18)6-4-9-8(3-5-10(21-2)13(9)17)7-11-14(19)16-15(20)22-11/h3-7H,1-2H3,(H,16,19,20)/b11-7+. The molecule has 0 saturated carbocycles. The monoisotopic (exact) mass is 316 g/mol. The molecule has 22 heavy (non-hydrogen) atoms. The highest BCUT2D eigenvalue weighted by Crippen LogP contribution is 2.31. The van der Waals surface area contributed by atoms with E-state index in [2.05, 4.69) is 5.32 Å². The molecular formula is C15H12N2O4S. The SMILES string of the molecule is COc1ccc(/C=C2/SC(=O)NC2=O)c2ccc(=O)n(C)c12. The number of rotatable bonds is 2. The van der Waals surface area contributed by atoms with Crippen molar-refractivity contribution in [2.75, 3.05) is 7.11 Å². The molecular weight excluding hydrogens is 304 g/mol. The Morgan fingerprint density at radius 3 is 2.59 bits per heavy atom. The fraction of sp³-hybridized carbons (Fsp3) is 0.133. The van der Waals surface area contributed by atoms with Crippen LogP contribution < -0.4 is 15.6 Å². The maximum absolute atomic E-state index is 11.8. The number of nitrogens with one attached hydrogen (secondary N) is 1. The maximum atomic E-state index is 11.8. The van der Waals surface area contributed by atoms with Crippen LogP contribution in [0.15, 0.2) is 34.0 Å². The zero-order chi connectivity index (χ0) is 15.9. The van der Waals surface area contributed by atoms with Gasteiger partial charge in [0.05, 0.1) is 17.5 Å². The smallest absolute Gasteiger partial charge is 0.290 e. The number of hydrogen-bond donors (Lipinski definition) is 1. The van der Waals surface area contributed by atoms with E-state index in [9.17, 15) is 14.4 Å². The molecule has 3 rings (SSSR count). The molecule has 1 aromatic carbocycles. The Morgan fingerprint density at radius 2 is 1.95 bits per heavy atom. The van der Waals surface area contributed by atoms with E-state index in [-0.39, 0.29) is 10.8 Å². The highest BCUT2D eigenvalue weighted by atomic mass is 32.2. The molecule has 0 aliphatic carbocycles. The number of thioether (sulfide) groups is 1. The first-order valence-corrected chi connectivity index (χ1v) is 7.24. The molecule has 6 nitrogen and oxygen atoms in total. The van der Waals surface area contributed by atoms with Gasteiger partial charge in [0.25, 0.3) is 16.7 Å². The molecule has 1 N–H and O–H groups in total. The number of imide groups is 1. The molecule has 1 aliphatic rings. The van der Waals surface area contributed by atoms with E-state index < -0.39 is 5.91 Å². The normalized spacial score (nSPS) is 16.4. The lowest BCUT2D eigenvalue weighted by atomic mass is 10.1. The fourth-order valence-electron chi connectivity index (χ4n) is 2.35. The molecule has 1 saturated heterocycles. The third kappa shape index (κ3) is 2.29. The number of methoxy groups -OCH3 is 1. The zero-order valence-corrected chi connectivity index (χ0v) is 12.7. The van der Waals surface area contributed by atoms with Crippen LogP contribution in [0.1, 0.15) is 5.56 Å². The van der Waals surface area contributed by atoms with Crippen LogP contribution in [0, 0.1) is 0 Å². The van der Waals surface area contributed by atoms with Gasteiger partial charge in [-0.05, 0) is 35.5 Å². The predicted octanol–water partition coefficient (Wildman–Crippen LogP) is 1.87. The second-order valence-corrected chi connectivity index (χ2v) is 5.72. The number of nitrogens with zero attached hydrogens (tertiary/aromatic N) is 1. The summed E-state index contributed by atoms with van der Waals surface area (Å²) in [6.07, 6.45) is 1.64. The molecule has 2 aromatic rings. The quantitative estimate of drug-likeness (QED) is 0.856. The van der Waals surface area contributed by atoms with Crippen molar-refractivity contribution in [1.82, 2.24) is 9.88 Å². The Bertz CT molecular complexity index is 898. The summed E-state index contributed by atoms with van der Waals surface area (Å²) in [5, 5.41) is 2.59. The molecule has 0 atom stereocenters. The molecule has 7 heteroatoms. The summed E-state index contributed by atoms with van der Waals surface area (Å²) >= 11 is 0.856. The van der Waals surface area contributed by atoms with E-state index in [0.717, 1.165) is 22.7 Å². The second kappa shape index (κ2) is 5.34. The summed E-state index contributed by atoms with van der Waals surface area (Å²) in [5.41, 5.74) is 1.22. The number of fused-ring (bicyclic) bond motifs is 1. The molecule has 112 valence electrons. The largest absolute Gasteiger partial charge is 0.495 e. The van der Waals surface area contributed by atoms with Crippen molar-refractivity contribution < 1.29 is 14.3 Å². The molecule has 1 fully saturated rings. The van der Waals surface area contributed by atoms with Crippen LogP contribution in [0.5, 0.6) is 5.75 Å². The van der Waals surface area contributed by atoms with E-state index in [1.54, 1.807) is 31.3 Å². The van der Waals surface area contributed by atoms with Crippen molar-refractivity contribution in [1.29, 1.82) is 0 Å². The first kappa shape index (κ1) is 14.4. The van der Waals surface area contributed by atoms with Gasteiger partial charge in [0, 0.05) is 18.5 Å². The summed E-state index contributed by atoms with van der Waals surface area (Å²) in [4.78, 5) is 35.1. The average Bonchev–Trinajstić information content (AvgIpc) is 2.81. The van der Waals surface area contributed by atoms with E-state index in [0.29, 0.717) is 16.2 Å². The van der Waals surface area contributed by atoms with Crippen molar-refractivity contribution in [3.05, 3.63) is 45.1 Å². The number of ether oxygens (including phenoxy) is 1. The van der Waals surface area contributed by atoms with Crippen LogP contribution in [0.25, 0.3) is 17.0 Å². The molecule has 0 bridgehead atoms. The highest BCUT2D eigenvalue weighted by molar-refractivity contribution is 8.18. The Labute approximate surface area is 129 Å². The van der Waals surface area contributed by atoms with Gasteiger partial charge in [0.15, 0.2) is 0 Å². The lowest BCUT2D eigenvalue weighted by molar-refractivity contribution is -0.115. The second-order valence-electron chi connectivity index (χ2n) is 4.70. The van der Waals surface area contributed by atoms with Gasteiger partial charge in [-0.2, -0.15) is 0 Å². The number of aromatic nitrogens is 1. The molecule has 0 radical (unpaired) electrons. The number of carbonyl (C=O) groups excluding carboxylic acids is 2. The Hall–Kier alpha value is -2.54. The van der Waals surface area contributed by atoms with Gasteiger partial charge in [-0.15, -0.1) is 0 Å². The lowest BCUT2D eigenvalue weighted by Crippen LogP contribution is -2.18. The third-order valence-electron chi connectivity index (χ3n) is 3.42. The Kier molecular flexibility index (Phi) is 3.50. The fourth-order valence-corrected chi connectivity index (χ4v) is 3.03. The minimum Gasteiger partial charge on any atom is -0.495 e. The van der Waals surface area contributed by atoms with Gasteiger partial charge in [0.1, 0.15) is 5.75 Å². The highest BCUT2D eigenvalue weighted by Gasteiger charge is 2.25. The third-order valence-corrected chi connectivity index (χ3v) is 4.23. The first-order valence-electron chi connectivity index (χ1n) is 6.43. The predicted molar refractivity (Wildman–Crippen MR) is 84.8 cm³/mol. The van der Waals surface area contributed by atoms with Gasteiger partial charge in [-0.1, -0.05) is 6.07 Å². The van der Waals surface area contributed by atoms with Gasteiger partial charge in [-0.25, -0.2) is 0 Å². The van der Waals surface area contributed by atoms with Crippen LogP contribution in [-0.2, 0) is 11.8 Å². The minimum absolute atomic E-state index is 0.154. The number of aryl methyl sites for hydroxylation is 1. The molecule has 2 heterocycles. The van der Waals surface area contributed by atoms with Gasteiger partial charge in [-0.3, -0.25) is 19.7 Å². The first-order chi connectivity index (χ1) is 10.5. The maximum Gasteiger partial charge on any atom is 0.290 e. The topological polar surface area (TPSA) is 77.4 Å². The summed E-state index contributed by atoms with van der Waals surface area (Å²) in [6, 6.07) is 6.66. The minimum atomic E-state index is -0.413. The van der Waals surface area contributed by atoms with Crippen molar-refractivity contribution in [3.63, 3.8) is 0 Å². The Morgan fingerprint density at radius 1 is 1.18 bits per heavy atom. The number of amides is 2. The van der Waals surface area contributed by atoms with Gasteiger partial charge < -0.3 is 9.30 Å². The summed E-state index contributed by atoms with van der Waals surface area (Å²) < 4.78 is 6.80. The zero-order valence-electron chi connectivity index (χ0n) is 11.9. The lowest BCUT2D eigenvalue weighted by Gasteiger charge is -2.11. The van der Waals surface area contributed by atoms with Crippen molar-refractivity contribution in [2.24, 2.45) is 7.05 Å². The van der Waals surface area contributed by atoms with Crippen molar-refractivity contribution >= 4 is 39.9 Å². The van der Waals surface area contributed by atoms with Crippen LogP contribution in [0.2, 0.25) is 0 Å². The van der Waals surface area contributed by atoms with Gasteiger partial charge in [0.2, 0.25) is 0 Å². The van der Waals surface area contributed by atoms with Crippen LogP contribution in [-0.4, -0.2) is 22.8 Å². The summed E-state index contributed by atoms with van der Waals surface area (Å²) in [5.74, 6) is 0.153. The van der Waals surface area contributed by atoms with E-state index in [1.165, 1.54) is 17.7 Å². The molecule has 1 aliphatic heterocycles. The number of carbonyl (C=O) groups is 2. The van der Waals surface area contributed by atoms with E-state index in [1.807, 2.05) is 0 Å². The molecule has 0 unspecified atom stereocenters. The number of benzene rings is 1. The van der Waals surface area contributed by atoms with Crippen molar-refractivity contribution in [3.8, 4) is 5.75 Å². The number of hydrogen-bond acceptors (Lipinski definition) is 5. The molecule has 2 amide bonds. The van der Waals surface area contributed by atoms with E-state index >= 15 is 0 Å². The van der Waals surface area contributed by atoms with Crippen LogP contribution in [0.4, 0.5) is 4.79 Å². The van der Waals surface area contributed by atoms with Gasteiger partial charge >= 0.3 is 0 Å². The Balaban J connectivity index is 2.27.